The van der Waals surface area contributed by atoms with Gasteiger partial charge in [0.05, 0.1) is 31.1 Å². The monoisotopic (exact) mass is 339 g/mol. The first-order chi connectivity index (χ1) is 11.5. The van der Waals surface area contributed by atoms with Crippen LogP contribution in [0.15, 0.2) is 18.2 Å². The summed E-state index contributed by atoms with van der Waals surface area (Å²) in [5.74, 6) is -0.941. The first-order valence-corrected chi connectivity index (χ1v) is 7.31. The number of nitrogens with one attached hydrogen (secondary N) is 1. The number of ether oxygens (including phenoxy) is 1. The van der Waals surface area contributed by atoms with E-state index in [-0.39, 0.29) is 43.5 Å². The van der Waals surface area contributed by atoms with E-state index in [4.69, 9.17) is 9.84 Å². The minimum absolute atomic E-state index is 0.00478. The van der Waals surface area contributed by atoms with Crippen LogP contribution < -0.4 is 15.1 Å². The maximum Gasteiger partial charge on any atom is 0.414 e. The van der Waals surface area contributed by atoms with Gasteiger partial charge in [-0.1, -0.05) is 0 Å². The molecule has 0 aliphatic carbocycles. The molecule has 1 aromatic carbocycles. The van der Waals surface area contributed by atoms with Crippen LogP contribution in [-0.4, -0.2) is 55.9 Å². The average Bonchev–Trinajstić information content (AvgIpc) is 2.92. The molecule has 9 heteroatoms. The largest absolute Gasteiger partial charge is 0.442 e. The number of hydrogen-bond acceptors (Lipinski definition) is 5. The molecule has 0 radical (unpaired) electrons. The molecule has 0 unspecified atom stereocenters. The van der Waals surface area contributed by atoms with Crippen LogP contribution in [0.5, 0.6) is 0 Å². The van der Waals surface area contributed by atoms with Crippen LogP contribution in [0.4, 0.5) is 20.6 Å². The lowest BCUT2D eigenvalue weighted by Crippen LogP contribution is -2.33. The molecule has 1 aliphatic rings. The molecular formula is C15H18FN3O5. The van der Waals surface area contributed by atoms with E-state index in [0.29, 0.717) is 6.41 Å². The molecule has 1 atom stereocenters. The van der Waals surface area contributed by atoms with Crippen molar-refractivity contribution in [2.75, 3.05) is 36.0 Å². The van der Waals surface area contributed by atoms with Gasteiger partial charge in [0.1, 0.15) is 11.9 Å². The fourth-order valence-electron chi connectivity index (χ4n) is 2.33. The van der Waals surface area contributed by atoms with Gasteiger partial charge >= 0.3 is 6.09 Å². The number of anilines is 2. The highest BCUT2D eigenvalue weighted by atomic mass is 19.1. The number of amides is 3. The lowest BCUT2D eigenvalue weighted by Gasteiger charge is -2.19. The Morgan fingerprint density at radius 1 is 1.58 bits per heavy atom. The number of benzene rings is 1. The van der Waals surface area contributed by atoms with Crippen LogP contribution in [0.1, 0.15) is 6.92 Å². The minimum Gasteiger partial charge on any atom is -0.442 e. The van der Waals surface area contributed by atoms with E-state index in [1.807, 2.05) is 0 Å². The summed E-state index contributed by atoms with van der Waals surface area (Å²) in [5.41, 5.74) is 0.284. The molecule has 1 fully saturated rings. The quantitative estimate of drug-likeness (QED) is 0.694. The third-order valence-corrected chi connectivity index (χ3v) is 3.47. The highest BCUT2D eigenvalue weighted by molar-refractivity contribution is 5.90. The first-order valence-electron chi connectivity index (χ1n) is 7.31. The number of carbonyl (C=O) groups excluding carboxylic acids is 3. The van der Waals surface area contributed by atoms with Crippen LogP contribution in [0, 0.1) is 5.82 Å². The number of cyclic esters (lactones) is 1. The smallest absolute Gasteiger partial charge is 0.414 e. The van der Waals surface area contributed by atoms with E-state index in [2.05, 4.69) is 5.32 Å². The van der Waals surface area contributed by atoms with Crippen molar-refractivity contribution >= 4 is 29.8 Å². The molecule has 0 saturated carbocycles. The maximum absolute atomic E-state index is 14.2. The molecule has 130 valence electrons. The Morgan fingerprint density at radius 3 is 2.92 bits per heavy atom. The number of aliphatic hydroxyl groups is 1. The van der Waals surface area contributed by atoms with Crippen molar-refractivity contribution in [3.8, 4) is 0 Å². The predicted molar refractivity (Wildman–Crippen MR) is 83.2 cm³/mol. The Kier molecular flexibility index (Phi) is 5.69. The number of hydrogen-bond donors (Lipinski definition) is 2. The zero-order valence-corrected chi connectivity index (χ0v) is 13.1. The molecule has 1 aromatic rings. The van der Waals surface area contributed by atoms with E-state index in [9.17, 15) is 18.8 Å². The van der Waals surface area contributed by atoms with Crippen molar-refractivity contribution in [3.05, 3.63) is 24.0 Å². The van der Waals surface area contributed by atoms with E-state index < -0.39 is 18.0 Å². The molecule has 1 saturated heterocycles. The Hall–Kier alpha value is -2.68. The summed E-state index contributed by atoms with van der Waals surface area (Å²) in [5, 5.41) is 11.4. The van der Waals surface area contributed by atoms with Gasteiger partial charge in [0.25, 0.3) is 0 Å². The first kappa shape index (κ1) is 17.7. The van der Waals surface area contributed by atoms with E-state index >= 15 is 0 Å². The molecule has 1 aliphatic heterocycles. The van der Waals surface area contributed by atoms with Crippen molar-refractivity contribution in [1.82, 2.24) is 5.32 Å². The number of carbonyl (C=O) groups is 3. The number of aliphatic hydroxyl groups excluding tert-OH is 1. The molecule has 1 heterocycles. The zero-order valence-electron chi connectivity index (χ0n) is 13.1. The van der Waals surface area contributed by atoms with Crippen LogP contribution in [0.25, 0.3) is 0 Å². The van der Waals surface area contributed by atoms with Crippen molar-refractivity contribution in [1.29, 1.82) is 0 Å². The van der Waals surface area contributed by atoms with Crippen LogP contribution in [0.2, 0.25) is 0 Å². The number of rotatable bonds is 7. The summed E-state index contributed by atoms with van der Waals surface area (Å²) >= 11 is 0. The van der Waals surface area contributed by atoms with Gasteiger partial charge < -0.3 is 20.1 Å². The molecule has 24 heavy (non-hydrogen) atoms. The van der Waals surface area contributed by atoms with Gasteiger partial charge in [-0.2, -0.15) is 0 Å². The second kappa shape index (κ2) is 7.73. The van der Waals surface area contributed by atoms with Crippen LogP contribution in [-0.2, 0) is 14.3 Å². The van der Waals surface area contributed by atoms with Gasteiger partial charge in [0, 0.05) is 13.5 Å². The average molecular weight is 339 g/mol. The molecule has 0 aromatic heterocycles. The van der Waals surface area contributed by atoms with Gasteiger partial charge in [-0.05, 0) is 18.2 Å². The zero-order chi connectivity index (χ0) is 17.7. The second-order valence-electron chi connectivity index (χ2n) is 5.21. The van der Waals surface area contributed by atoms with Gasteiger partial charge in [0.2, 0.25) is 12.3 Å². The van der Waals surface area contributed by atoms with Crippen LogP contribution in [0.3, 0.4) is 0 Å². The molecule has 8 nitrogen and oxygen atoms in total. The van der Waals surface area contributed by atoms with Gasteiger partial charge in [0.15, 0.2) is 0 Å². The summed E-state index contributed by atoms with van der Waals surface area (Å²) < 4.78 is 19.3. The highest BCUT2D eigenvalue weighted by Gasteiger charge is 2.32. The highest BCUT2D eigenvalue weighted by Crippen LogP contribution is 2.27. The maximum atomic E-state index is 14.2. The third-order valence-electron chi connectivity index (χ3n) is 3.47. The van der Waals surface area contributed by atoms with Crippen molar-refractivity contribution in [2.24, 2.45) is 0 Å². The summed E-state index contributed by atoms with van der Waals surface area (Å²) in [6.07, 6.45) is -0.743. The molecule has 3 amide bonds. The number of nitrogens with zero attached hydrogens (tertiary/aromatic N) is 2. The van der Waals surface area contributed by atoms with E-state index in [1.165, 1.54) is 24.0 Å². The van der Waals surface area contributed by atoms with Crippen molar-refractivity contribution in [3.63, 3.8) is 0 Å². The standard InChI is InChI=1S/C15H18FN3O5/c1-10(22)17-7-12-8-19(15(23)24-12)11-2-3-14(13(16)6-11)18(9-21)4-5-20/h2-3,6,9,12,20H,4-5,7-8H2,1H3,(H,17,22)/t12-/m0/s1. The molecule has 0 spiro atoms. The van der Waals surface area contributed by atoms with Gasteiger partial charge in [-0.3, -0.25) is 14.5 Å². The van der Waals surface area contributed by atoms with Gasteiger partial charge in [-0.25, -0.2) is 9.18 Å². The minimum atomic E-state index is -0.703. The Labute approximate surface area is 137 Å². The lowest BCUT2D eigenvalue weighted by atomic mass is 10.2. The van der Waals surface area contributed by atoms with Crippen LogP contribution >= 0.6 is 0 Å². The van der Waals surface area contributed by atoms with E-state index in [1.54, 1.807) is 0 Å². The molecule has 2 rings (SSSR count). The van der Waals surface area contributed by atoms with Crippen molar-refractivity contribution in [2.45, 2.75) is 13.0 Å². The van der Waals surface area contributed by atoms with E-state index in [0.717, 1.165) is 11.0 Å². The normalized spacial score (nSPS) is 16.7. The summed E-state index contributed by atoms with van der Waals surface area (Å²) in [6.45, 7) is 1.36. The summed E-state index contributed by atoms with van der Waals surface area (Å²) in [6, 6.07) is 3.95. The summed E-state index contributed by atoms with van der Waals surface area (Å²) in [4.78, 5) is 36.0. The third kappa shape index (κ3) is 3.99. The topological polar surface area (TPSA) is 99.2 Å². The van der Waals surface area contributed by atoms with Crippen molar-refractivity contribution < 1.29 is 28.6 Å². The Bertz CT molecular complexity index is 640. The fourth-order valence-corrected chi connectivity index (χ4v) is 2.33. The Balaban J connectivity index is 2.12. The second-order valence-corrected chi connectivity index (χ2v) is 5.21. The SMILES string of the molecule is CC(=O)NC[C@H]1CN(c2ccc(N(C=O)CCO)c(F)c2)C(=O)O1. The molecule has 0 bridgehead atoms. The number of halogens is 1. The van der Waals surface area contributed by atoms with Gasteiger partial charge in [-0.15, -0.1) is 0 Å². The Morgan fingerprint density at radius 2 is 2.33 bits per heavy atom. The molecular weight excluding hydrogens is 321 g/mol. The predicted octanol–water partition coefficient (Wildman–Crippen LogP) is 0.242. The summed E-state index contributed by atoms with van der Waals surface area (Å²) in [7, 11) is 0. The lowest BCUT2D eigenvalue weighted by molar-refractivity contribution is -0.119. The molecule has 2 N–H and O–H groups in total. The fraction of sp³-hybridized carbons (Fsp3) is 0.400.